The van der Waals surface area contributed by atoms with Crippen molar-refractivity contribution < 1.29 is 23.5 Å². The fourth-order valence-corrected chi connectivity index (χ4v) is 1.81. The van der Waals surface area contributed by atoms with Gasteiger partial charge in [0.1, 0.15) is 12.5 Å². The van der Waals surface area contributed by atoms with Gasteiger partial charge in [-0.25, -0.2) is 9.18 Å². The highest BCUT2D eigenvalue weighted by Crippen LogP contribution is 2.49. The Bertz CT molecular complexity index is 474. The molecule has 1 aromatic rings. The van der Waals surface area contributed by atoms with Crippen LogP contribution in [-0.2, 0) is 25.7 Å². The molecule has 4 nitrogen and oxygen atoms in total. The second-order valence-electron chi connectivity index (χ2n) is 4.43. The van der Waals surface area contributed by atoms with Crippen molar-refractivity contribution in [2.45, 2.75) is 25.6 Å². The molecule has 0 aliphatic heterocycles. The molecule has 2 rings (SSSR count). The summed E-state index contributed by atoms with van der Waals surface area (Å²) in [6.07, 6.45) is -0.153. The number of alkyl halides is 1. The lowest BCUT2D eigenvalue weighted by molar-refractivity contribution is -0.157. The first-order valence-electron chi connectivity index (χ1n) is 6.14. The Morgan fingerprint density at radius 1 is 1.32 bits per heavy atom. The number of rotatable bonds is 5. The molecule has 2 atom stereocenters. The van der Waals surface area contributed by atoms with Gasteiger partial charge < -0.3 is 9.47 Å². The van der Waals surface area contributed by atoms with Crippen molar-refractivity contribution in [3.05, 3.63) is 35.9 Å². The Morgan fingerprint density at radius 3 is 2.63 bits per heavy atom. The van der Waals surface area contributed by atoms with E-state index in [0.29, 0.717) is 0 Å². The van der Waals surface area contributed by atoms with E-state index in [-0.39, 0.29) is 19.6 Å². The van der Waals surface area contributed by atoms with E-state index in [1.807, 2.05) is 18.2 Å². The van der Waals surface area contributed by atoms with E-state index in [4.69, 9.17) is 4.74 Å². The van der Waals surface area contributed by atoms with Crippen LogP contribution in [0, 0.1) is 5.92 Å². The Balaban J connectivity index is 1.84. The molecule has 0 unspecified atom stereocenters. The molecule has 1 aromatic carbocycles. The van der Waals surface area contributed by atoms with Gasteiger partial charge in [0.2, 0.25) is 5.67 Å². The van der Waals surface area contributed by atoms with Crippen LogP contribution >= 0.6 is 0 Å². The standard InChI is InChI=1S/C14H15FO4/c1-2-18-13(17)14(15)8-11(14)12(16)19-9-10-6-4-3-5-7-10/h3-7,11H,2,8-9H2,1H3/t11-,14+/m1/s1. The molecule has 1 saturated carbocycles. The van der Waals surface area contributed by atoms with E-state index in [2.05, 4.69) is 4.74 Å². The zero-order valence-corrected chi connectivity index (χ0v) is 10.6. The van der Waals surface area contributed by atoms with Crippen LogP contribution in [0.15, 0.2) is 30.3 Å². The summed E-state index contributed by atoms with van der Waals surface area (Å²) < 4.78 is 23.5. The molecule has 0 heterocycles. The number of halogens is 1. The number of hydrogen-bond acceptors (Lipinski definition) is 4. The topological polar surface area (TPSA) is 52.6 Å². The van der Waals surface area contributed by atoms with Gasteiger partial charge >= 0.3 is 11.9 Å². The Kier molecular flexibility index (Phi) is 3.83. The highest BCUT2D eigenvalue weighted by atomic mass is 19.1. The van der Waals surface area contributed by atoms with E-state index in [0.717, 1.165) is 5.56 Å². The van der Waals surface area contributed by atoms with Crippen LogP contribution in [0.4, 0.5) is 4.39 Å². The zero-order chi connectivity index (χ0) is 13.9. The van der Waals surface area contributed by atoms with Crippen molar-refractivity contribution in [3.8, 4) is 0 Å². The third kappa shape index (κ3) is 2.92. The summed E-state index contributed by atoms with van der Waals surface area (Å²) in [7, 11) is 0. The van der Waals surface area contributed by atoms with E-state index in [1.165, 1.54) is 0 Å². The van der Waals surface area contributed by atoms with Gasteiger partial charge in [0, 0.05) is 6.42 Å². The van der Waals surface area contributed by atoms with Crippen LogP contribution in [0.5, 0.6) is 0 Å². The summed E-state index contributed by atoms with van der Waals surface area (Å²) in [5.41, 5.74) is -1.37. The minimum atomic E-state index is -2.19. The fourth-order valence-electron chi connectivity index (χ4n) is 1.81. The molecule has 0 N–H and O–H groups in total. The molecule has 0 aromatic heterocycles. The minimum Gasteiger partial charge on any atom is -0.464 e. The monoisotopic (exact) mass is 266 g/mol. The SMILES string of the molecule is CCOC(=O)[C@]1(F)C[C@@H]1C(=O)OCc1ccccc1. The van der Waals surface area contributed by atoms with Crippen LogP contribution < -0.4 is 0 Å². The molecular weight excluding hydrogens is 251 g/mol. The van der Waals surface area contributed by atoms with Crippen LogP contribution in [0.25, 0.3) is 0 Å². The van der Waals surface area contributed by atoms with Crippen LogP contribution in [-0.4, -0.2) is 24.2 Å². The molecule has 1 aliphatic carbocycles. The average Bonchev–Trinajstić information content (AvgIpc) is 3.11. The van der Waals surface area contributed by atoms with Gasteiger partial charge in [0.15, 0.2) is 0 Å². The molecule has 102 valence electrons. The summed E-state index contributed by atoms with van der Waals surface area (Å²) >= 11 is 0. The molecule has 0 amide bonds. The first-order chi connectivity index (χ1) is 9.08. The van der Waals surface area contributed by atoms with Crippen molar-refractivity contribution in [3.63, 3.8) is 0 Å². The summed E-state index contributed by atoms with van der Waals surface area (Å²) in [4.78, 5) is 22.9. The molecule has 1 aliphatic rings. The number of ether oxygens (including phenoxy) is 2. The van der Waals surface area contributed by atoms with Gasteiger partial charge in [-0.05, 0) is 12.5 Å². The maximum atomic E-state index is 13.9. The van der Waals surface area contributed by atoms with Crippen LogP contribution in [0.2, 0.25) is 0 Å². The quantitative estimate of drug-likeness (QED) is 0.765. The summed E-state index contributed by atoms with van der Waals surface area (Å²) in [5, 5.41) is 0. The second-order valence-corrected chi connectivity index (χ2v) is 4.43. The maximum Gasteiger partial charge on any atom is 0.344 e. The van der Waals surface area contributed by atoms with Gasteiger partial charge in [0.25, 0.3) is 0 Å². The lowest BCUT2D eigenvalue weighted by Gasteiger charge is -2.07. The summed E-state index contributed by atoms with van der Waals surface area (Å²) in [6, 6.07) is 9.08. The Hall–Kier alpha value is -1.91. The summed E-state index contributed by atoms with van der Waals surface area (Å²) in [5.74, 6) is -2.70. The molecule has 19 heavy (non-hydrogen) atoms. The van der Waals surface area contributed by atoms with E-state index in [1.54, 1.807) is 19.1 Å². The van der Waals surface area contributed by atoms with E-state index in [9.17, 15) is 14.0 Å². The molecule has 0 saturated heterocycles. The van der Waals surface area contributed by atoms with Crippen molar-refractivity contribution >= 4 is 11.9 Å². The smallest absolute Gasteiger partial charge is 0.344 e. The third-order valence-corrected chi connectivity index (χ3v) is 3.02. The first-order valence-corrected chi connectivity index (χ1v) is 6.14. The third-order valence-electron chi connectivity index (χ3n) is 3.02. The minimum absolute atomic E-state index is 0.0785. The van der Waals surface area contributed by atoms with E-state index >= 15 is 0 Å². The lowest BCUT2D eigenvalue weighted by atomic mass is 10.2. The Morgan fingerprint density at radius 2 is 2.00 bits per heavy atom. The van der Waals surface area contributed by atoms with Crippen molar-refractivity contribution in [2.75, 3.05) is 6.61 Å². The molecule has 5 heteroatoms. The lowest BCUT2D eigenvalue weighted by Crippen LogP contribution is -2.26. The maximum absolute atomic E-state index is 13.9. The number of esters is 2. The van der Waals surface area contributed by atoms with Gasteiger partial charge in [0.05, 0.1) is 6.61 Å². The summed E-state index contributed by atoms with van der Waals surface area (Å²) in [6.45, 7) is 1.76. The fraction of sp³-hybridized carbons (Fsp3) is 0.429. The average molecular weight is 266 g/mol. The van der Waals surface area contributed by atoms with Gasteiger partial charge in [-0.3, -0.25) is 4.79 Å². The molecular formula is C14H15FO4. The zero-order valence-electron chi connectivity index (χ0n) is 10.6. The highest BCUT2D eigenvalue weighted by molar-refractivity contribution is 5.93. The predicted molar refractivity (Wildman–Crippen MR) is 64.8 cm³/mol. The molecule has 0 spiro atoms. The number of hydrogen-bond donors (Lipinski definition) is 0. The number of carbonyl (C=O) groups is 2. The van der Waals surface area contributed by atoms with Gasteiger partial charge in [-0.15, -0.1) is 0 Å². The number of carbonyl (C=O) groups excluding carboxylic acids is 2. The van der Waals surface area contributed by atoms with Crippen molar-refractivity contribution in [1.82, 2.24) is 0 Å². The van der Waals surface area contributed by atoms with Crippen molar-refractivity contribution in [1.29, 1.82) is 0 Å². The second kappa shape index (κ2) is 5.38. The molecule has 0 radical (unpaired) electrons. The van der Waals surface area contributed by atoms with Gasteiger partial charge in [-0.1, -0.05) is 30.3 Å². The molecule has 1 fully saturated rings. The van der Waals surface area contributed by atoms with Crippen LogP contribution in [0.1, 0.15) is 18.9 Å². The number of benzene rings is 1. The van der Waals surface area contributed by atoms with Gasteiger partial charge in [-0.2, -0.15) is 0 Å². The Labute approximate surface area is 110 Å². The first kappa shape index (κ1) is 13.5. The predicted octanol–water partition coefficient (Wildman–Crippen LogP) is 2.02. The largest absolute Gasteiger partial charge is 0.464 e. The normalized spacial score (nSPS) is 24.6. The van der Waals surface area contributed by atoms with E-state index < -0.39 is 23.5 Å². The van der Waals surface area contributed by atoms with Crippen LogP contribution in [0.3, 0.4) is 0 Å². The highest BCUT2D eigenvalue weighted by Gasteiger charge is 2.67. The van der Waals surface area contributed by atoms with Crippen molar-refractivity contribution in [2.24, 2.45) is 5.92 Å². The molecule has 0 bridgehead atoms.